The Morgan fingerprint density at radius 1 is 0.730 bits per heavy atom. The highest BCUT2D eigenvalue weighted by molar-refractivity contribution is 6.25. The number of unbranched alkanes of at least 4 members (excludes halogenated alkanes) is 1. The van der Waals surface area contributed by atoms with E-state index in [0.29, 0.717) is 30.5 Å². The normalized spacial score (nSPS) is 15.9. The molecule has 1 N–H and O–H groups in total. The minimum Gasteiger partial charge on any atom is -0.369 e. The van der Waals surface area contributed by atoms with Crippen molar-refractivity contribution in [3.05, 3.63) is 77.9 Å². The van der Waals surface area contributed by atoms with Crippen LogP contribution in [-0.2, 0) is 4.79 Å². The molecule has 0 unspecified atom stereocenters. The molecule has 0 saturated carbocycles. The van der Waals surface area contributed by atoms with Crippen molar-refractivity contribution in [3.8, 4) is 0 Å². The van der Waals surface area contributed by atoms with Crippen LogP contribution in [0.25, 0.3) is 10.8 Å². The minimum absolute atomic E-state index is 0.0316. The third-order valence-electron chi connectivity index (χ3n) is 7.36. The Labute approximate surface area is 218 Å². The molecule has 0 atom stereocenters. The summed E-state index contributed by atoms with van der Waals surface area (Å²) in [6.07, 6.45) is 2.74. The molecule has 0 bridgehead atoms. The number of hydrogen-bond donors (Lipinski definition) is 1. The molecule has 0 spiro atoms. The lowest BCUT2D eigenvalue weighted by Crippen LogP contribution is -2.46. The highest BCUT2D eigenvalue weighted by Gasteiger charge is 2.32. The second-order valence-corrected chi connectivity index (χ2v) is 9.80. The molecule has 2 aliphatic rings. The molecule has 0 aliphatic carbocycles. The van der Waals surface area contributed by atoms with E-state index in [9.17, 15) is 14.4 Å². The van der Waals surface area contributed by atoms with Crippen molar-refractivity contribution in [1.82, 2.24) is 15.1 Å². The summed E-state index contributed by atoms with van der Waals surface area (Å²) in [7, 11) is 0. The van der Waals surface area contributed by atoms with Crippen molar-refractivity contribution in [2.24, 2.45) is 0 Å². The van der Waals surface area contributed by atoms with Gasteiger partial charge < -0.3 is 10.2 Å². The number of carbonyl (C=O) groups is 3. The number of amides is 3. The van der Waals surface area contributed by atoms with E-state index in [4.69, 9.17) is 0 Å². The largest absolute Gasteiger partial charge is 0.369 e. The third-order valence-corrected chi connectivity index (χ3v) is 7.36. The van der Waals surface area contributed by atoms with Gasteiger partial charge in [0.2, 0.25) is 5.91 Å². The zero-order chi connectivity index (χ0) is 25.6. The Bertz CT molecular complexity index is 1220. The van der Waals surface area contributed by atoms with Gasteiger partial charge in [-0.1, -0.05) is 42.5 Å². The first-order chi connectivity index (χ1) is 18.1. The lowest BCUT2D eigenvalue weighted by Gasteiger charge is -2.36. The van der Waals surface area contributed by atoms with Crippen LogP contribution in [0, 0.1) is 0 Å². The first-order valence-corrected chi connectivity index (χ1v) is 13.3. The summed E-state index contributed by atoms with van der Waals surface area (Å²) in [5.74, 6) is -0.588. The smallest absolute Gasteiger partial charge is 0.261 e. The van der Waals surface area contributed by atoms with Gasteiger partial charge >= 0.3 is 0 Å². The second kappa shape index (κ2) is 11.6. The Hall–Kier alpha value is -3.71. The van der Waals surface area contributed by atoms with Crippen LogP contribution in [0.3, 0.4) is 0 Å². The molecule has 1 saturated heterocycles. The predicted molar refractivity (Wildman–Crippen MR) is 146 cm³/mol. The number of nitrogens with zero attached hydrogens (tertiary/aromatic N) is 3. The second-order valence-electron chi connectivity index (χ2n) is 9.80. The SMILES string of the molecule is O=C(CCCN1C(=O)c2cccc3cccc(c23)C1=O)NCCCCN1CCN(c2ccccc2)CC1. The minimum atomic E-state index is -0.278. The Morgan fingerprint density at radius 3 is 2.08 bits per heavy atom. The molecule has 7 nitrogen and oxygen atoms in total. The standard InChI is InChI=1S/C30H34N4O3/c35-27(31-16-4-5-17-32-19-21-33(22-20-32)24-11-2-1-3-12-24)15-8-18-34-29(36)25-13-6-9-23-10-7-14-26(28(23)25)30(34)37/h1-3,6-7,9-14H,4-5,8,15-22H2,(H,31,35). The number of carbonyl (C=O) groups excluding carboxylic acids is 3. The summed E-state index contributed by atoms with van der Waals surface area (Å²) in [6.45, 7) is 6.16. The molecule has 7 heteroatoms. The molecule has 0 aromatic heterocycles. The average Bonchev–Trinajstić information content (AvgIpc) is 2.94. The number of benzene rings is 3. The average molecular weight is 499 g/mol. The van der Waals surface area contributed by atoms with E-state index in [0.717, 1.165) is 56.3 Å². The van der Waals surface area contributed by atoms with E-state index in [2.05, 4.69) is 45.4 Å². The van der Waals surface area contributed by atoms with Gasteiger partial charge in [-0.05, 0) is 55.5 Å². The number of imide groups is 1. The van der Waals surface area contributed by atoms with Crippen molar-refractivity contribution in [1.29, 1.82) is 0 Å². The lowest BCUT2D eigenvalue weighted by atomic mass is 9.94. The van der Waals surface area contributed by atoms with Crippen molar-refractivity contribution in [2.45, 2.75) is 25.7 Å². The van der Waals surface area contributed by atoms with Crippen LogP contribution in [0.2, 0.25) is 0 Å². The van der Waals surface area contributed by atoms with Gasteiger partial charge in [-0.25, -0.2) is 0 Å². The summed E-state index contributed by atoms with van der Waals surface area (Å²) in [6, 6.07) is 21.6. The molecule has 2 heterocycles. The molecule has 3 amide bonds. The van der Waals surface area contributed by atoms with Gasteiger partial charge in [0.15, 0.2) is 0 Å². The fourth-order valence-corrected chi connectivity index (χ4v) is 5.33. The molecule has 5 rings (SSSR count). The van der Waals surface area contributed by atoms with Gasteiger partial charge in [-0.3, -0.25) is 24.2 Å². The van der Waals surface area contributed by atoms with Gasteiger partial charge in [-0.2, -0.15) is 0 Å². The number of rotatable bonds is 10. The van der Waals surface area contributed by atoms with Crippen LogP contribution >= 0.6 is 0 Å². The number of piperazine rings is 1. The Morgan fingerprint density at radius 2 is 1.41 bits per heavy atom. The number of nitrogens with one attached hydrogen (secondary N) is 1. The first kappa shape index (κ1) is 25.0. The third kappa shape index (κ3) is 5.67. The Kier molecular flexibility index (Phi) is 7.80. The molecular weight excluding hydrogens is 464 g/mol. The Balaban J connectivity index is 0.980. The van der Waals surface area contributed by atoms with Gasteiger partial charge in [0.1, 0.15) is 0 Å². The maximum atomic E-state index is 13.0. The van der Waals surface area contributed by atoms with Crippen LogP contribution in [0.15, 0.2) is 66.7 Å². The van der Waals surface area contributed by atoms with Crippen molar-refractivity contribution < 1.29 is 14.4 Å². The molecule has 192 valence electrons. The van der Waals surface area contributed by atoms with Crippen molar-refractivity contribution in [3.63, 3.8) is 0 Å². The number of hydrogen-bond acceptors (Lipinski definition) is 5. The van der Waals surface area contributed by atoms with Crippen LogP contribution in [-0.4, -0.2) is 73.3 Å². The highest BCUT2D eigenvalue weighted by Crippen LogP contribution is 2.30. The predicted octanol–water partition coefficient (Wildman–Crippen LogP) is 3.93. The molecule has 1 fully saturated rings. The van der Waals surface area contributed by atoms with Crippen LogP contribution < -0.4 is 10.2 Å². The number of anilines is 1. The zero-order valence-corrected chi connectivity index (χ0v) is 21.2. The summed E-state index contributed by atoms with van der Waals surface area (Å²) < 4.78 is 0. The fraction of sp³-hybridized carbons (Fsp3) is 0.367. The van der Waals surface area contributed by atoms with E-state index in [1.807, 2.05) is 24.3 Å². The van der Waals surface area contributed by atoms with Crippen LogP contribution in [0.5, 0.6) is 0 Å². The topological polar surface area (TPSA) is 73.0 Å². The first-order valence-electron chi connectivity index (χ1n) is 13.3. The summed E-state index contributed by atoms with van der Waals surface area (Å²) in [5.41, 5.74) is 2.40. The lowest BCUT2D eigenvalue weighted by molar-refractivity contribution is -0.121. The molecular formula is C30H34N4O3. The van der Waals surface area contributed by atoms with Gasteiger partial charge in [0.25, 0.3) is 11.8 Å². The summed E-state index contributed by atoms with van der Waals surface area (Å²) in [4.78, 5) is 44.4. The number of para-hydroxylation sites is 1. The van der Waals surface area contributed by atoms with Crippen LogP contribution in [0.4, 0.5) is 5.69 Å². The van der Waals surface area contributed by atoms with E-state index in [1.54, 1.807) is 12.1 Å². The van der Waals surface area contributed by atoms with E-state index in [1.165, 1.54) is 10.6 Å². The van der Waals surface area contributed by atoms with Gasteiger partial charge in [0.05, 0.1) is 0 Å². The molecule has 37 heavy (non-hydrogen) atoms. The molecule has 3 aromatic carbocycles. The summed E-state index contributed by atoms with van der Waals surface area (Å²) in [5, 5.41) is 4.61. The monoisotopic (exact) mass is 498 g/mol. The fourth-order valence-electron chi connectivity index (χ4n) is 5.33. The van der Waals surface area contributed by atoms with Crippen LogP contribution in [0.1, 0.15) is 46.4 Å². The van der Waals surface area contributed by atoms with Crippen molar-refractivity contribution in [2.75, 3.05) is 50.7 Å². The quantitative estimate of drug-likeness (QED) is 0.339. The van der Waals surface area contributed by atoms with Gasteiger partial charge in [0, 0.05) is 67.9 Å². The van der Waals surface area contributed by atoms with E-state index in [-0.39, 0.29) is 24.3 Å². The summed E-state index contributed by atoms with van der Waals surface area (Å²) >= 11 is 0. The maximum Gasteiger partial charge on any atom is 0.261 e. The van der Waals surface area contributed by atoms with E-state index >= 15 is 0 Å². The highest BCUT2D eigenvalue weighted by atomic mass is 16.2. The molecule has 2 aliphatic heterocycles. The molecule has 3 aromatic rings. The zero-order valence-electron chi connectivity index (χ0n) is 21.2. The molecule has 0 radical (unpaired) electrons. The van der Waals surface area contributed by atoms with Crippen molar-refractivity contribution >= 4 is 34.2 Å². The maximum absolute atomic E-state index is 13.0. The van der Waals surface area contributed by atoms with Gasteiger partial charge in [-0.15, -0.1) is 0 Å². The van der Waals surface area contributed by atoms with E-state index < -0.39 is 0 Å².